The lowest BCUT2D eigenvalue weighted by atomic mass is 10.4. The molecular formula is C7H8N4O. The molecule has 0 aliphatic heterocycles. The molecule has 0 saturated carbocycles. The van der Waals surface area contributed by atoms with E-state index in [4.69, 9.17) is 10.00 Å². The number of nitriles is 1. The summed E-state index contributed by atoms with van der Waals surface area (Å²) in [6.45, 7) is 0. The summed E-state index contributed by atoms with van der Waals surface area (Å²) in [4.78, 5) is 7.71. The van der Waals surface area contributed by atoms with Crippen molar-refractivity contribution in [2.75, 3.05) is 19.5 Å². The molecule has 5 heteroatoms. The molecule has 0 unspecified atom stereocenters. The largest absolute Gasteiger partial charge is 0.467 e. The first-order chi connectivity index (χ1) is 5.80. The summed E-state index contributed by atoms with van der Waals surface area (Å²) in [6.07, 6.45) is 0. The summed E-state index contributed by atoms with van der Waals surface area (Å²) in [5.41, 5.74) is 0.284. The standard InChI is InChI=1S/C7H8N4O/c1-9-6-3-5(4-8)10-7(11-6)12-2/h3H,1-2H3,(H,9,10,11). The molecule has 1 heterocycles. The van der Waals surface area contributed by atoms with Gasteiger partial charge in [-0.1, -0.05) is 0 Å². The van der Waals surface area contributed by atoms with Crippen molar-refractivity contribution in [3.05, 3.63) is 11.8 Å². The van der Waals surface area contributed by atoms with Crippen LogP contribution in [0.25, 0.3) is 0 Å². The normalized spacial score (nSPS) is 8.75. The average Bonchev–Trinajstić information content (AvgIpc) is 2.16. The van der Waals surface area contributed by atoms with Gasteiger partial charge in [0.1, 0.15) is 17.6 Å². The minimum absolute atomic E-state index is 0.193. The lowest BCUT2D eigenvalue weighted by Crippen LogP contribution is -1.99. The summed E-state index contributed by atoms with van der Waals surface area (Å²) in [5, 5.41) is 11.3. The molecule has 0 aliphatic carbocycles. The first-order valence-electron chi connectivity index (χ1n) is 3.31. The lowest BCUT2D eigenvalue weighted by Gasteiger charge is -2.01. The Labute approximate surface area is 70.0 Å². The fourth-order valence-corrected chi connectivity index (χ4v) is 0.702. The Balaban J connectivity index is 3.12. The highest BCUT2D eigenvalue weighted by atomic mass is 16.5. The quantitative estimate of drug-likeness (QED) is 0.685. The number of nitrogens with zero attached hydrogens (tertiary/aromatic N) is 3. The summed E-state index contributed by atoms with van der Waals surface area (Å²) in [5.74, 6) is 0.568. The molecule has 0 aliphatic rings. The van der Waals surface area contributed by atoms with E-state index in [1.165, 1.54) is 7.11 Å². The van der Waals surface area contributed by atoms with Gasteiger partial charge in [0.05, 0.1) is 7.11 Å². The van der Waals surface area contributed by atoms with Crippen LogP contribution in [0.3, 0.4) is 0 Å². The van der Waals surface area contributed by atoms with Crippen molar-refractivity contribution < 1.29 is 4.74 Å². The van der Waals surface area contributed by atoms with Crippen molar-refractivity contribution in [1.82, 2.24) is 9.97 Å². The summed E-state index contributed by atoms with van der Waals surface area (Å²) in [7, 11) is 3.17. The lowest BCUT2D eigenvalue weighted by molar-refractivity contribution is 0.380. The van der Waals surface area contributed by atoms with E-state index in [9.17, 15) is 0 Å². The Morgan fingerprint density at radius 2 is 2.33 bits per heavy atom. The fraction of sp³-hybridized carbons (Fsp3) is 0.286. The van der Waals surface area contributed by atoms with Crippen LogP contribution >= 0.6 is 0 Å². The first-order valence-corrected chi connectivity index (χ1v) is 3.31. The highest BCUT2D eigenvalue weighted by Crippen LogP contribution is 2.09. The van der Waals surface area contributed by atoms with E-state index in [2.05, 4.69) is 15.3 Å². The number of hydrogen-bond acceptors (Lipinski definition) is 5. The van der Waals surface area contributed by atoms with E-state index >= 15 is 0 Å². The Morgan fingerprint density at radius 3 is 2.83 bits per heavy atom. The summed E-state index contributed by atoms with van der Waals surface area (Å²) in [6, 6.07) is 3.64. The molecule has 0 saturated heterocycles. The zero-order chi connectivity index (χ0) is 8.97. The predicted octanol–water partition coefficient (Wildman–Crippen LogP) is 0.399. The van der Waals surface area contributed by atoms with Crippen LogP contribution < -0.4 is 10.1 Å². The Bertz CT molecular complexity index is 295. The molecule has 0 radical (unpaired) electrons. The molecule has 0 aromatic carbocycles. The van der Waals surface area contributed by atoms with Gasteiger partial charge in [0, 0.05) is 13.1 Å². The topological polar surface area (TPSA) is 70.8 Å². The molecule has 5 nitrogen and oxygen atoms in total. The van der Waals surface area contributed by atoms with E-state index in [0.29, 0.717) is 5.82 Å². The van der Waals surface area contributed by atoms with Crippen LogP contribution in [-0.4, -0.2) is 24.1 Å². The van der Waals surface area contributed by atoms with Crippen molar-refractivity contribution in [3.63, 3.8) is 0 Å². The van der Waals surface area contributed by atoms with Gasteiger partial charge in [-0.05, 0) is 0 Å². The van der Waals surface area contributed by atoms with Gasteiger partial charge in [-0.3, -0.25) is 0 Å². The molecule has 0 fully saturated rings. The molecule has 1 aromatic rings. The molecule has 1 rings (SSSR count). The number of ether oxygens (including phenoxy) is 1. The van der Waals surface area contributed by atoms with E-state index in [-0.39, 0.29) is 11.7 Å². The van der Waals surface area contributed by atoms with Gasteiger partial charge in [-0.25, -0.2) is 0 Å². The van der Waals surface area contributed by atoms with E-state index in [1.54, 1.807) is 13.1 Å². The smallest absolute Gasteiger partial charge is 0.319 e. The Kier molecular flexibility index (Phi) is 2.43. The minimum atomic E-state index is 0.193. The number of anilines is 1. The van der Waals surface area contributed by atoms with E-state index in [1.807, 2.05) is 6.07 Å². The SMILES string of the molecule is CNc1cc(C#N)nc(OC)n1. The Morgan fingerprint density at radius 1 is 1.58 bits per heavy atom. The van der Waals surface area contributed by atoms with Crippen LogP contribution in [0.15, 0.2) is 6.07 Å². The second-order valence-electron chi connectivity index (χ2n) is 1.99. The minimum Gasteiger partial charge on any atom is -0.467 e. The van der Waals surface area contributed by atoms with Crippen LogP contribution in [-0.2, 0) is 0 Å². The van der Waals surface area contributed by atoms with E-state index in [0.717, 1.165) is 0 Å². The highest BCUT2D eigenvalue weighted by molar-refractivity contribution is 5.40. The summed E-state index contributed by atoms with van der Waals surface area (Å²) < 4.78 is 4.79. The maximum atomic E-state index is 8.55. The van der Waals surface area contributed by atoms with Crippen LogP contribution in [0.2, 0.25) is 0 Å². The van der Waals surface area contributed by atoms with Gasteiger partial charge in [0.2, 0.25) is 0 Å². The zero-order valence-corrected chi connectivity index (χ0v) is 6.83. The number of hydrogen-bond donors (Lipinski definition) is 1. The van der Waals surface area contributed by atoms with Gasteiger partial charge in [0.15, 0.2) is 0 Å². The second kappa shape index (κ2) is 3.53. The van der Waals surface area contributed by atoms with Crippen LogP contribution in [0.5, 0.6) is 6.01 Å². The van der Waals surface area contributed by atoms with Crippen LogP contribution in [0, 0.1) is 11.3 Å². The molecule has 12 heavy (non-hydrogen) atoms. The summed E-state index contributed by atoms with van der Waals surface area (Å²) >= 11 is 0. The van der Waals surface area contributed by atoms with Crippen LogP contribution in [0.4, 0.5) is 5.82 Å². The molecule has 0 atom stereocenters. The van der Waals surface area contributed by atoms with Gasteiger partial charge in [-0.2, -0.15) is 15.2 Å². The molecular weight excluding hydrogens is 156 g/mol. The molecule has 1 aromatic heterocycles. The molecule has 1 N–H and O–H groups in total. The molecule has 0 spiro atoms. The van der Waals surface area contributed by atoms with E-state index < -0.39 is 0 Å². The Hall–Kier alpha value is -1.83. The third kappa shape index (κ3) is 1.61. The van der Waals surface area contributed by atoms with Crippen molar-refractivity contribution in [2.24, 2.45) is 0 Å². The average molecular weight is 164 g/mol. The maximum absolute atomic E-state index is 8.55. The highest BCUT2D eigenvalue weighted by Gasteiger charge is 2.01. The van der Waals surface area contributed by atoms with Crippen molar-refractivity contribution in [1.29, 1.82) is 5.26 Å². The zero-order valence-electron chi connectivity index (χ0n) is 6.83. The van der Waals surface area contributed by atoms with Crippen LogP contribution in [0.1, 0.15) is 5.69 Å². The van der Waals surface area contributed by atoms with Gasteiger partial charge >= 0.3 is 6.01 Å². The van der Waals surface area contributed by atoms with Gasteiger partial charge in [0.25, 0.3) is 0 Å². The molecule has 0 bridgehead atoms. The van der Waals surface area contributed by atoms with Gasteiger partial charge < -0.3 is 10.1 Å². The first kappa shape index (κ1) is 8.27. The third-order valence-electron chi connectivity index (χ3n) is 1.26. The number of rotatable bonds is 2. The molecule has 0 amide bonds. The predicted molar refractivity (Wildman–Crippen MR) is 42.8 cm³/mol. The van der Waals surface area contributed by atoms with Gasteiger partial charge in [-0.15, -0.1) is 0 Å². The second-order valence-corrected chi connectivity index (χ2v) is 1.99. The van der Waals surface area contributed by atoms with Crippen molar-refractivity contribution in [3.8, 4) is 12.1 Å². The third-order valence-corrected chi connectivity index (χ3v) is 1.26. The monoisotopic (exact) mass is 164 g/mol. The van der Waals surface area contributed by atoms with Crippen molar-refractivity contribution >= 4 is 5.82 Å². The molecule has 62 valence electrons. The number of methoxy groups -OCH3 is 1. The maximum Gasteiger partial charge on any atom is 0.319 e. The fourth-order valence-electron chi connectivity index (χ4n) is 0.702. The van der Waals surface area contributed by atoms with Crippen molar-refractivity contribution in [2.45, 2.75) is 0 Å². The number of nitrogens with one attached hydrogen (secondary N) is 1. The number of aromatic nitrogens is 2.